The number of fused-ring (bicyclic) bond motifs is 1. The van der Waals surface area contributed by atoms with Gasteiger partial charge in [0.15, 0.2) is 5.82 Å². The molecule has 0 saturated heterocycles. The van der Waals surface area contributed by atoms with E-state index in [0.29, 0.717) is 5.16 Å². The highest BCUT2D eigenvalue weighted by molar-refractivity contribution is 8.00. The van der Waals surface area contributed by atoms with Crippen LogP contribution in [0.25, 0.3) is 0 Å². The smallest absolute Gasteiger partial charge is 0.240 e. The Morgan fingerprint density at radius 1 is 1.17 bits per heavy atom. The van der Waals surface area contributed by atoms with Crippen LogP contribution in [0.5, 0.6) is 5.75 Å². The van der Waals surface area contributed by atoms with Crippen molar-refractivity contribution in [2.75, 3.05) is 17.9 Å². The molecule has 2 atom stereocenters. The van der Waals surface area contributed by atoms with Crippen LogP contribution in [0, 0.1) is 13.8 Å². The summed E-state index contributed by atoms with van der Waals surface area (Å²) in [6.07, 6.45) is 0.745. The van der Waals surface area contributed by atoms with Gasteiger partial charge in [-0.2, -0.15) is 0 Å². The average Bonchev–Trinajstić information content (AvgIpc) is 3.14. The molecule has 0 bridgehead atoms. The maximum absolute atomic E-state index is 13.3. The number of benzene rings is 2. The summed E-state index contributed by atoms with van der Waals surface area (Å²) in [6.45, 7) is 6.08. The van der Waals surface area contributed by atoms with Gasteiger partial charge in [-0.15, -0.1) is 10.2 Å². The van der Waals surface area contributed by atoms with E-state index in [0.717, 1.165) is 40.4 Å². The maximum Gasteiger partial charge on any atom is 0.240 e. The summed E-state index contributed by atoms with van der Waals surface area (Å²) in [6, 6.07) is 13.6. The van der Waals surface area contributed by atoms with E-state index in [1.165, 1.54) is 11.8 Å². The molecule has 156 valence electrons. The minimum Gasteiger partial charge on any atom is -0.497 e. The van der Waals surface area contributed by atoms with Crippen LogP contribution in [-0.4, -0.2) is 33.1 Å². The van der Waals surface area contributed by atoms with E-state index in [9.17, 15) is 4.79 Å². The fourth-order valence-electron chi connectivity index (χ4n) is 3.65. The van der Waals surface area contributed by atoms with Gasteiger partial charge in [0.1, 0.15) is 11.0 Å². The summed E-state index contributed by atoms with van der Waals surface area (Å²) in [5.41, 5.74) is 7.47. The fourth-order valence-corrected chi connectivity index (χ4v) is 4.75. The van der Waals surface area contributed by atoms with E-state index >= 15 is 0 Å². The molecule has 1 aromatic heterocycles. The van der Waals surface area contributed by atoms with Gasteiger partial charge in [0.05, 0.1) is 13.2 Å². The summed E-state index contributed by atoms with van der Waals surface area (Å²) in [4.78, 5) is 13.3. The lowest BCUT2D eigenvalue weighted by atomic mass is 10.0. The number of aromatic nitrogens is 3. The van der Waals surface area contributed by atoms with E-state index in [1.807, 2.05) is 61.8 Å². The highest BCUT2D eigenvalue weighted by atomic mass is 32.2. The molecule has 0 saturated carbocycles. The fraction of sp³-hybridized carbons (Fsp3) is 0.318. The second-order valence-electron chi connectivity index (χ2n) is 7.37. The van der Waals surface area contributed by atoms with E-state index in [4.69, 9.17) is 4.74 Å². The van der Waals surface area contributed by atoms with E-state index in [-0.39, 0.29) is 11.9 Å². The zero-order valence-electron chi connectivity index (χ0n) is 17.5. The third kappa shape index (κ3) is 4.00. The highest BCUT2D eigenvalue weighted by Gasteiger charge is 2.37. The lowest BCUT2D eigenvalue weighted by Gasteiger charge is -2.33. The SMILES string of the molecule is CCc1nnc2n1N[C@@H](c1ccc(OC)cc1)[C@H](C(=O)Nc1cc(C)cc(C)c1)S2. The quantitative estimate of drug-likeness (QED) is 0.649. The van der Waals surface area contributed by atoms with Gasteiger partial charge in [-0.05, 0) is 54.8 Å². The molecule has 2 N–H and O–H groups in total. The molecule has 1 aliphatic heterocycles. The van der Waals surface area contributed by atoms with E-state index in [1.54, 1.807) is 7.11 Å². The van der Waals surface area contributed by atoms with Crippen molar-refractivity contribution >= 4 is 23.4 Å². The van der Waals surface area contributed by atoms with Crippen LogP contribution < -0.4 is 15.5 Å². The molecular formula is C22H25N5O2S. The average molecular weight is 424 g/mol. The molecule has 2 heterocycles. The lowest BCUT2D eigenvalue weighted by molar-refractivity contribution is -0.116. The van der Waals surface area contributed by atoms with Crippen molar-refractivity contribution in [3.63, 3.8) is 0 Å². The minimum atomic E-state index is -0.416. The second-order valence-corrected chi connectivity index (χ2v) is 8.48. The van der Waals surface area contributed by atoms with Crippen molar-refractivity contribution < 1.29 is 9.53 Å². The van der Waals surface area contributed by atoms with Gasteiger partial charge in [-0.25, -0.2) is 4.68 Å². The number of carbonyl (C=O) groups excluding carboxylic acids is 1. The van der Waals surface area contributed by atoms with Gasteiger partial charge in [0.2, 0.25) is 11.1 Å². The number of ether oxygens (including phenoxy) is 1. The van der Waals surface area contributed by atoms with Crippen LogP contribution in [0.1, 0.15) is 35.5 Å². The lowest BCUT2D eigenvalue weighted by Crippen LogP contribution is -2.41. The van der Waals surface area contributed by atoms with E-state index in [2.05, 4.69) is 27.0 Å². The Bertz CT molecular complexity index is 1040. The number of nitrogens with zero attached hydrogens (tertiary/aromatic N) is 3. The Balaban J connectivity index is 1.67. The number of nitrogens with one attached hydrogen (secondary N) is 2. The Morgan fingerprint density at radius 2 is 1.87 bits per heavy atom. The molecule has 0 radical (unpaired) electrons. The van der Waals surface area contributed by atoms with Crippen molar-refractivity contribution in [1.29, 1.82) is 0 Å². The maximum atomic E-state index is 13.3. The summed E-state index contributed by atoms with van der Waals surface area (Å²) < 4.78 is 7.17. The summed E-state index contributed by atoms with van der Waals surface area (Å²) in [5, 5.41) is 11.9. The van der Waals surface area contributed by atoms with Gasteiger partial charge in [0, 0.05) is 12.1 Å². The molecule has 0 fully saturated rings. The van der Waals surface area contributed by atoms with E-state index < -0.39 is 5.25 Å². The van der Waals surface area contributed by atoms with Crippen molar-refractivity contribution in [2.24, 2.45) is 0 Å². The number of hydrogen-bond acceptors (Lipinski definition) is 6. The molecule has 3 aromatic rings. The molecule has 0 aliphatic carbocycles. The Kier molecular flexibility index (Phi) is 5.67. The van der Waals surface area contributed by atoms with Crippen molar-refractivity contribution in [3.8, 4) is 5.75 Å². The number of carbonyl (C=O) groups is 1. The molecular weight excluding hydrogens is 398 g/mol. The minimum absolute atomic E-state index is 0.0781. The molecule has 1 aliphatic rings. The Hall–Kier alpha value is -3.00. The summed E-state index contributed by atoms with van der Waals surface area (Å²) in [7, 11) is 1.64. The molecule has 30 heavy (non-hydrogen) atoms. The molecule has 4 rings (SSSR count). The van der Waals surface area contributed by atoms with Crippen LogP contribution >= 0.6 is 11.8 Å². The Morgan fingerprint density at radius 3 is 2.50 bits per heavy atom. The predicted molar refractivity (Wildman–Crippen MR) is 119 cm³/mol. The Labute approximate surface area is 180 Å². The highest BCUT2D eigenvalue weighted by Crippen LogP contribution is 2.38. The number of aryl methyl sites for hydroxylation is 3. The van der Waals surface area contributed by atoms with Crippen molar-refractivity contribution in [3.05, 3.63) is 65.0 Å². The number of anilines is 1. The first-order valence-electron chi connectivity index (χ1n) is 9.89. The normalized spacial score (nSPS) is 17.7. The molecule has 7 nitrogen and oxygen atoms in total. The standard InChI is InChI=1S/C22H25N5O2S/c1-5-18-24-25-22-27(18)26-19(15-6-8-17(29-4)9-7-15)20(30-22)21(28)23-16-11-13(2)10-14(3)12-16/h6-12,19-20,26H,5H2,1-4H3,(H,23,28)/t19-,20+/m0/s1. The first-order chi connectivity index (χ1) is 14.5. The summed E-state index contributed by atoms with van der Waals surface area (Å²) in [5.74, 6) is 1.53. The van der Waals surface area contributed by atoms with Crippen LogP contribution in [0.2, 0.25) is 0 Å². The molecule has 0 unspecified atom stereocenters. The number of hydrogen-bond donors (Lipinski definition) is 2. The third-order valence-corrected chi connectivity index (χ3v) is 6.26. The zero-order chi connectivity index (χ0) is 21.3. The van der Waals surface area contributed by atoms with Crippen LogP contribution in [-0.2, 0) is 11.2 Å². The van der Waals surface area contributed by atoms with Crippen LogP contribution in [0.3, 0.4) is 0 Å². The molecule has 1 amide bonds. The monoisotopic (exact) mass is 423 g/mol. The first-order valence-corrected chi connectivity index (χ1v) is 10.8. The zero-order valence-corrected chi connectivity index (χ0v) is 18.3. The molecule has 0 spiro atoms. The molecule has 2 aromatic carbocycles. The number of methoxy groups -OCH3 is 1. The summed E-state index contributed by atoms with van der Waals surface area (Å²) >= 11 is 1.43. The third-order valence-electron chi connectivity index (χ3n) is 5.04. The van der Waals surface area contributed by atoms with Crippen LogP contribution in [0.15, 0.2) is 47.6 Å². The van der Waals surface area contributed by atoms with Crippen molar-refractivity contribution in [2.45, 2.75) is 43.6 Å². The number of rotatable bonds is 5. The van der Waals surface area contributed by atoms with Crippen molar-refractivity contribution in [1.82, 2.24) is 14.9 Å². The van der Waals surface area contributed by atoms with Gasteiger partial charge in [0.25, 0.3) is 0 Å². The molecule has 8 heteroatoms. The van der Waals surface area contributed by atoms with Gasteiger partial charge in [-0.3, -0.25) is 4.79 Å². The predicted octanol–water partition coefficient (Wildman–Crippen LogP) is 3.86. The van der Waals surface area contributed by atoms with Crippen LogP contribution in [0.4, 0.5) is 5.69 Å². The van der Waals surface area contributed by atoms with Gasteiger partial charge in [-0.1, -0.05) is 36.9 Å². The van der Waals surface area contributed by atoms with Gasteiger partial charge < -0.3 is 15.5 Å². The van der Waals surface area contributed by atoms with Gasteiger partial charge >= 0.3 is 0 Å². The first kappa shape index (κ1) is 20.3. The number of thioether (sulfide) groups is 1. The second kappa shape index (κ2) is 8.39. The topological polar surface area (TPSA) is 81.1 Å². The largest absolute Gasteiger partial charge is 0.497 e. The number of amides is 1.